The van der Waals surface area contributed by atoms with E-state index in [1.165, 1.54) is 43.5 Å². The second kappa shape index (κ2) is 5.43. The molecule has 1 fully saturated rings. The Morgan fingerprint density at radius 1 is 1.18 bits per heavy atom. The molecule has 6 heteroatoms. The third-order valence-electron chi connectivity index (χ3n) is 4.89. The summed E-state index contributed by atoms with van der Waals surface area (Å²) in [4.78, 5) is 10.1. The van der Waals surface area contributed by atoms with Crippen molar-refractivity contribution >= 4 is 0 Å². The normalized spacial score (nSPS) is 25.3. The summed E-state index contributed by atoms with van der Waals surface area (Å²) in [6.45, 7) is 3.86. The van der Waals surface area contributed by atoms with E-state index in [0.717, 1.165) is 18.1 Å². The predicted octanol–water partition coefficient (Wildman–Crippen LogP) is 3.15. The zero-order valence-corrected chi connectivity index (χ0v) is 13.3. The Bertz CT molecular complexity index is 585. The van der Waals surface area contributed by atoms with Crippen LogP contribution in [-0.2, 0) is 4.84 Å². The number of nitrogens with zero attached hydrogens (tertiary/aromatic N) is 5. The van der Waals surface area contributed by atoms with Crippen LogP contribution in [-0.4, -0.2) is 41.2 Å². The standard InChI is InChI=1S/C16H23N5O/c1-12-8-14-16(20(9-12)13-6-4-3-5-7-13)21-11-19(22-2)10-15(21)18-17-14/h8,10,13H,3-7,9,11H2,1-2H3. The van der Waals surface area contributed by atoms with E-state index in [1.54, 1.807) is 12.2 Å². The van der Waals surface area contributed by atoms with Crippen molar-refractivity contribution in [3.05, 3.63) is 35.2 Å². The molecule has 0 atom stereocenters. The maximum absolute atomic E-state index is 5.34. The van der Waals surface area contributed by atoms with Crippen LogP contribution in [0.2, 0.25) is 0 Å². The topological polar surface area (TPSA) is 43.7 Å². The van der Waals surface area contributed by atoms with Crippen molar-refractivity contribution in [1.29, 1.82) is 0 Å². The highest BCUT2D eigenvalue weighted by Gasteiger charge is 2.37. The fraction of sp³-hybridized carbons (Fsp3) is 0.625. The van der Waals surface area contributed by atoms with Gasteiger partial charge < -0.3 is 4.90 Å². The molecule has 118 valence electrons. The Kier molecular flexibility index (Phi) is 3.41. The molecule has 0 unspecified atom stereocenters. The minimum Gasteiger partial charge on any atom is -0.349 e. The average Bonchev–Trinajstić information content (AvgIpc) is 2.98. The second-order valence-electron chi connectivity index (χ2n) is 6.48. The predicted molar refractivity (Wildman–Crippen MR) is 82.9 cm³/mol. The molecule has 0 saturated heterocycles. The van der Waals surface area contributed by atoms with E-state index in [0.29, 0.717) is 12.7 Å². The summed E-state index contributed by atoms with van der Waals surface area (Å²) in [6.07, 6.45) is 10.7. The molecule has 0 amide bonds. The summed E-state index contributed by atoms with van der Waals surface area (Å²) < 4.78 is 0. The van der Waals surface area contributed by atoms with Gasteiger partial charge in [-0.25, -0.2) is 5.06 Å². The molecule has 0 radical (unpaired) electrons. The Morgan fingerprint density at radius 2 is 2.00 bits per heavy atom. The van der Waals surface area contributed by atoms with E-state index < -0.39 is 0 Å². The highest BCUT2D eigenvalue weighted by Crippen LogP contribution is 2.38. The SMILES string of the molecule is CON1C=C2N=NC3=C(N2C1)N(C1CCCCC1)CC(C)=C3. The number of fused-ring (bicyclic) bond motifs is 2. The van der Waals surface area contributed by atoms with Gasteiger partial charge in [-0.05, 0) is 25.8 Å². The van der Waals surface area contributed by atoms with Crippen molar-refractivity contribution in [2.45, 2.75) is 45.1 Å². The Morgan fingerprint density at radius 3 is 2.77 bits per heavy atom. The minimum atomic E-state index is 0.619. The van der Waals surface area contributed by atoms with Gasteiger partial charge >= 0.3 is 0 Å². The van der Waals surface area contributed by atoms with Gasteiger partial charge in [0.05, 0.1) is 13.3 Å². The van der Waals surface area contributed by atoms with E-state index >= 15 is 0 Å². The van der Waals surface area contributed by atoms with Crippen molar-refractivity contribution in [3.8, 4) is 0 Å². The third-order valence-corrected chi connectivity index (χ3v) is 4.89. The van der Waals surface area contributed by atoms with Gasteiger partial charge in [-0.2, -0.15) is 0 Å². The van der Waals surface area contributed by atoms with Crippen LogP contribution < -0.4 is 0 Å². The lowest BCUT2D eigenvalue weighted by molar-refractivity contribution is -0.0980. The zero-order valence-electron chi connectivity index (χ0n) is 13.3. The van der Waals surface area contributed by atoms with Gasteiger partial charge in [-0.15, -0.1) is 10.2 Å². The van der Waals surface area contributed by atoms with Crippen LogP contribution in [0.15, 0.2) is 45.4 Å². The summed E-state index contributed by atoms with van der Waals surface area (Å²) in [5, 5.41) is 10.6. The lowest BCUT2D eigenvalue weighted by Crippen LogP contribution is -2.46. The molecule has 22 heavy (non-hydrogen) atoms. The van der Waals surface area contributed by atoms with Gasteiger partial charge in [0.25, 0.3) is 0 Å². The first-order chi connectivity index (χ1) is 10.8. The van der Waals surface area contributed by atoms with Crippen molar-refractivity contribution in [2.24, 2.45) is 10.2 Å². The molecule has 0 aromatic rings. The second-order valence-corrected chi connectivity index (χ2v) is 6.48. The Balaban J connectivity index is 1.69. The van der Waals surface area contributed by atoms with Gasteiger partial charge in [-0.3, -0.25) is 9.74 Å². The van der Waals surface area contributed by atoms with E-state index in [9.17, 15) is 0 Å². The largest absolute Gasteiger partial charge is 0.349 e. The number of hydrogen-bond donors (Lipinski definition) is 0. The van der Waals surface area contributed by atoms with Crippen molar-refractivity contribution < 1.29 is 4.84 Å². The quantitative estimate of drug-likeness (QED) is 0.786. The van der Waals surface area contributed by atoms with Crippen LogP contribution in [0.25, 0.3) is 0 Å². The molecule has 6 nitrogen and oxygen atoms in total. The van der Waals surface area contributed by atoms with E-state index in [-0.39, 0.29) is 0 Å². The molecule has 1 saturated carbocycles. The number of rotatable bonds is 2. The minimum absolute atomic E-state index is 0.619. The fourth-order valence-electron chi connectivity index (χ4n) is 3.82. The van der Waals surface area contributed by atoms with Crippen LogP contribution in [0.4, 0.5) is 0 Å². The molecule has 3 heterocycles. The van der Waals surface area contributed by atoms with Crippen LogP contribution in [0, 0.1) is 0 Å². The molecule has 0 aromatic heterocycles. The first-order valence-corrected chi connectivity index (χ1v) is 8.16. The fourth-order valence-corrected chi connectivity index (χ4v) is 3.82. The van der Waals surface area contributed by atoms with Crippen molar-refractivity contribution in [2.75, 3.05) is 20.3 Å². The number of hydrogen-bond acceptors (Lipinski definition) is 6. The van der Waals surface area contributed by atoms with Crippen LogP contribution in [0.5, 0.6) is 0 Å². The van der Waals surface area contributed by atoms with Gasteiger partial charge in [0.2, 0.25) is 0 Å². The first-order valence-electron chi connectivity index (χ1n) is 8.16. The molecule has 0 aromatic carbocycles. The molecule has 1 aliphatic carbocycles. The maximum Gasteiger partial charge on any atom is 0.177 e. The van der Waals surface area contributed by atoms with Crippen LogP contribution >= 0.6 is 0 Å². The molecule has 0 bridgehead atoms. The Labute approximate surface area is 131 Å². The van der Waals surface area contributed by atoms with Crippen LogP contribution in [0.3, 0.4) is 0 Å². The Hall–Kier alpha value is -1.82. The third kappa shape index (κ3) is 2.22. The van der Waals surface area contributed by atoms with Crippen molar-refractivity contribution in [1.82, 2.24) is 14.9 Å². The van der Waals surface area contributed by atoms with E-state index in [4.69, 9.17) is 4.84 Å². The molecular formula is C16H23N5O. The molecule has 4 aliphatic rings. The van der Waals surface area contributed by atoms with Crippen molar-refractivity contribution in [3.63, 3.8) is 0 Å². The summed E-state index contributed by atoms with van der Waals surface area (Å²) >= 11 is 0. The van der Waals surface area contributed by atoms with Crippen LogP contribution in [0.1, 0.15) is 39.0 Å². The highest BCUT2D eigenvalue weighted by molar-refractivity contribution is 5.36. The summed E-state index contributed by atoms with van der Waals surface area (Å²) in [5.41, 5.74) is 2.35. The smallest absolute Gasteiger partial charge is 0.177 e. The maximum atomic E-state index is 5.34. The summed E-state index contributed by atoms with van der Waals surface area (Å²) in [5.74, 6) is 2.08. The summed E-state index contributed by atoms with van der Waals surface area (Å²) in [7, 11) is 1.69. The number of hydroxylamine groups is 2. The first kappa shape index (κ1) is 13.8. The molecule has 3 aliphatic heterocycles. The number of allylic oxidation sites excluding steroid dienone is 1. The lowest BCUT2D eigenvalue weighted by atomic mass is 9.93. The zero-order chi connectivity index (χ0) is 15.1. The summed E-state index contributed by atoms with van der Waals surface area (Å²) in [6, 6.07) is 0.619. The number of azo groups is 1. The molecule has 0 N–H and O–H groups in total. The highest BCUT2D eigenvalue weighted by atomic mass is 16.7. The van der Waals surface area contributed by atoms with E-state index in [1.807, 2.05) is 6.20 Å². The monoisotopic (exact) mass is 301 g/mol. The molecule has 0 spiro atoms. The molecular weight excluding hydrogens is 278 g/mol. The van der Waals surface area contributed by atoms with E-state index in [2.05, 4.69) is 33.0 Å². The van der Waals surface area contributed by atoms with Gasteiger partial charge in [0, 0.05) is 12.6 Å². The molecule has 4 rings (SSSR count). The van der Waals surface area contributed by atoms with Gasteiger partial charge in [0.1, 0.15) is 18.2 Å². The van der Waals surface area contributed by atoms with Gasteiger partial charge in [-0.1, -0.05) is 24.8 Å². The lowest BCUT2D eigenvalue weighted by Gasteiger charge is -2.43. The van der Waals surface area contributed by atoms with Gasteiger partial charge in [0.15, 0.2) is 5.82 Å². The average molecular weight is 301 g/mol.